The molecule has 0 aliphatic heterocycles. The quantitative estimate of drug-likeness (QED) is 0.340. The Morgan fingerprint density at radius 1 is 0.848 bits per heavy atom. The van der Waals surface area contributed by atoms with Gasteiger partial charge >= 0.3 is 0 Å². The average molecular weight is 462 g/mol. The molecule has 0 saturated carbocycles. The Labute approximate surface area is 192 Å². The number of amides is 1. The van der Waals surface area contributed by atoms with Crippen molar-refractivity contribution in [1.29, 1.82) is 0 Å². The van der Waals surface area contributed by atoms with Gasteiger partial charge in [0.2, 0.25) is 10.0 Å². The summed E-state index contributed by atoms with van der Waals surface area (Å²) >= 11 is 0. The molecule has 168 valence electrons. The number of furan rings is 1. The fourth-order valence-electron chi connectivity index (χ4n) is 3.20. The molecule has 0 spiro atoms. The second kappa shape index (κ2) is 9.72. The molecule has 1 aromatic heterocycles. The fourth-order valence-corrected chi connectivity index (χ4v) is 4.22. The minimum atomic E-state index is -3.82. The van der Waals surface area contributed by atoms with Crippen LogP contribution < -0.4 is 15.4 Å². The van der Waals surface area contributed by atoms with Gasteiger partial charge in [-0.15, -0.1) is 0 Å². The highest BCUT2D eigenvalue weighted by Gasteiger charge is 2.18. The van der Waals surface area contributed by atoms with Crippen LogP contribution in [0.15, 0.2) is 101 Å². The zero-order valence-electron chi connectivity index (χ0n) is 17.9. The van der Waals surface area contributed by atoms with Crippen molar-refractivity contribution in [2.75, 3.05) is 10.6 Å². The van der Waals surface area contributed by atoms with Crippen LogP contribution in [-0.2, 0) is 16.6 Å². The van der Waals surface area contributed by atoms with E-state index in [0.29, 0.717) is 17.0 Å². The van der Waals surface area contributed by atoms with E-state index < -0.39 is 10.0 Å². The van der Waals surface area contributed by atoms with Gasteiger partial charge in [-0.3, -0.25) is 4.79 Å². The zero-order valence-corrected chi connectivity index (χ0v) is 18.7. The molecule has 0 radical (unpaired) electrons. The number of sulfonamides is 1. The Balaban J connectivity index is 1.45. The largest absolute Gasteiger partial charge is 0.468 e. The van der Waals surface area contributed by atoms with Gasteiger partial charge in [-0.25, -0.2) is 13.1 Å². The normalized spacial score (nSPS) is 11.2. The van der Waals surface area contributed by atoms with Gasteiger partial charge in [-0.1, -0.05) is 24.3 Å². The third-order valence-electron chi connectivity index (χ3n) is 4.99. The van der Waals surface area contributed by atoms with Crippen LogP contribution in [0.2, 0.25) is 0 Å². The first kappa shape index (κ1) is 22.3. The number of carbonyl (C=O) groups is 1. The molecular formula is C25H23N3O4S. The number of para-hydroxylation sites is 1. The highest BCUT2D eigenvalue weighted by molar-refractivity contribution is 7.89. The molecule has 1 heterocycles. The molecule has 3 aromatic carbocycles. The summed E-state index contributed by atoms with van der Waals surface area (Å²) in [5.41, 5.74) is 3.39. The summed E-state index contributed by atoms with van der Waals surface area (Å²) in [6.07, 6.45) is 1.47. The van der Waals surface area contributed by atoms with Crippen LogP contribution in [0.1, 0.15) is 21.7 Å². The number of aryl methyl sites for hydroxylation is 1. The molecule has 0 bridgehead atoms. The molecule has 0 saturated heterocycles. The summed E-state index contributed by atoms with van der Waals surface area (Å²) in [7, 11) is -3.82. The predicted molar refractivity (Wildman–Crippen MR) is 128 cm³/mol. The molecule has 8 heteroatoms. The molecule has 4 rings (SSSR count). The minimum Gasteiger partial charge on any atom is -0.468 e. The Bertz CT molecular complexity index is 1330. The molecule has 0 aliphatic carbocycles. The SMILES string of the molecule is Cc1ccc(S(=O)(=O)NCc2ccco2)cc1C(=O)Nc1ccc(Nc2ccccc2)cc1. The molecule has 0 fully saturated rings. The Morgan fingerprint density at radius 2 is 1.55 bits per heavy atom. The maximum atomic E-state index is 12.9. The summed E-state index contributed by atoms with van der Waals surface area (Å²) in [5.74, 6) is 0.105. The monoisotopic (exact) mass is 461 g/mol. The molecule has 4 aromatic rings. The summed E-state index contributed by atoms with van der Waals surface area (Å²) in [5, 5.41) is 6.10. The highest BCUT2D eigenvalue weighted by Crippen LogP contribution is 2.21. The fraction of sp³-hybridized carbons (Fsp3) is 0.0800. The van der Waals surface area contributed by atoms with E-state index in [9.17, 15) is 13.2 Å². The van der Waals surface area contributed by atoms with Crippen molar-refractivity contribution in [3.8, 4) is 0 Å². The van der Waals surface area contributed by atoms with Crippen LogP contribution in [0.4, 0.5) is 17.1 Å². The van der Waals surface area contributed by atoms with Gasteiger partial charge in [0.15, 0.2) is 0 Å². The molecule has 7 nitrogen and oxygen atoms in total. The lowest BCUT2D eigenvalue weighted by Gasteiger charge is -2.12. The van der Waals surface area contributed by atoms with Gasteiger partial charge in [-0.2, -0.15) is 0 Å². The van der Waals surface area contributed by atoms with E-state index >= 15 is 0 Å². The number of hydrogen-bond acceptors (Lipinski definition) is 5. The van der Waals surface area contributed by atoms with Crippen LogP contribution in [0.3, 0.4) is 0 Å². The molecule has 33 heavy (non-hydrogen) atoms. The maximum Gasteiger partial charge on any atom is 0.255 e. The lowest BCUT2D eigenvalue weighted by atomic mass is 10.1. The molecule has 0 unspecified atom stereocenters. The van der Waals surface area contributed by atoms with E-state index in [1.54, 1.807) is 37.3 Å². The minimum absolute atomic E-state index is 0.00668. The van der Waals surface area contributed by atoms with Crippen LogP contribution in [0.25, 0.3) is 0 Å². The first-order chi connectivity index (χ1) is 15.9. The number of benzene rings is 3. The predicted octanol–water partition coefficient (Wildman–Crippen LogP) is 5.06. The van der Waals surface area contributed by atoms with Crippen LogP contribution >= 0.6 is 0 Å². The van der Waals surface area contributed by atoms with Gasteiger partial charge in [0.25, 0.3) is 5.91 Å². The Morgan fingerprint density at radius 3 is 2.24 bits per heavy atom. The van der Waals surface area contributed by atoms with Crippen molar-refractivity contribution in [3.05, 3.63) is 108 Å². The second-order valence-corrected chi connectivity index (χ2v) is 9.17. The third kappa shape index (κ3) is 5.68. The van der Waals surface area contributed by atoms with E-state index in [1.165, 1.54) is 18.4 Å². The summed E-state index contributed by atoms with van der Waals surface area (Å²) < 4.78 is 33.0. The number of nitrogens with one attached hydrogen (secondary N) is 3. The summed E-state index contributed by atoms with van der Waals surface area (Å²) in [4.78, 5) is 12.9. The highest BCUT2D eigenvalue weighted by atomic mass is 32.2. The maximum absolute atomic E-state index is 12.9. The lowest BCUT2D eigenvalue weighted by molar-refractivity contribution is 0.102. The zero-order chi connectivity index (χ0) is 23.3. The van der Waals surface area contributed by atoms with Gasteiger partial charge < -0.3 is 15.1 Å². The smallest absolute Gasteiger partial charge is 0.255 e. The lowest BCUT2D eigenvalue weighted by Crippen LogP contribution is -2.24. The van der Waals surface area contributed by atoms with Crippen molar-refractivity contribution in [1.82, 2.24) is 4.72 Å². The number of carbonyl (C=O) groups excluding carboxylic acids is 1. The van der Waals surface area contributed by atoms with Crippen molar-refractivity contribution in [2.24, 2.45) is 0 Å². The number of hydrogen-bond donors (Lipinski definition) is 3. The van der Waals surface area contributed by atoms with Crippen molar-refractivity contribution in [3.63, 3.8) is 0 Å². The topological polar surface area (TPSA) is 100 Å². The number of anilines is 3. The molecule has 1 amide bonds. The van der Waals surface area contributed by atoms with E-state index in [0.717, 1.165) is 11.4 Å². The third-order valence-corrected chi connectivity index (χ3v) is 6.38. The van der Waals surface area contributed by atoms with Crippen LogP contribution in [-0.4, -0.2) is 14.3 Å². The van der Waals surface area contributed by atoms with Crippen molar-refractivity contribution < 1.29 is 17.6 Å². The van der Waals surface area contributed by atoms with E-state index in [2.05, 4.69) is 15.4 Å². The average Bonchev–Trinajstić information content (AvgIpc) is 3.34. The first-order valence-corrected chi connectivity index (χ1v) is 11.8. The Kier molecular flexibility index (Phi) is 6.58. The van der Waals surface area contributed by atoms with Gasteiger partial charge in [0, 0.05) is 22.6 Å². The van der Waals surface area contributed by atoms with Gasteiger partial charge in [0.1, 0.15) is 5.76 Å². The van der Waals surface area contributed by atoms with Crippen molar-refractivity contribution >= 4 is 33.0 Å². The van der Waals surface area contributed by atoms with Crippen LogP contribution in [0.5, 0.6) is 0 Å². The standard InChI is InChI=1S/C25H23N3O4S/c1-18-9-14-23(33(30,31)26-17-22-8-5-15-32-22)16-24(18)25(29)28-21-12-10-20(11-13-21)27-19-6-3-2-4-7-19/h2-16,26-27H,17H2,1H3,(H,28,29). The van der Waals surface area contributed by atoms with E-state index in [4.69, 9.17) is 4.42 Å². The van der Waals surface area contributed by atoms with Crippen molar-refractivity contribution in [2.45, 2.75) is 18.4 Å². The second-order valence-electron chi connectivity index (χ2n) is 7.40. The molecule has 0 aliphatic rings. The summed E-state index contributed by atoms with van der Waals surface area (Å²) in [6.45, 7) is 1.78. The van der Waals surface area contributed by atoms with Gasteiger partial charge in [0.05, 0.1) is 17.7 Å². The molecule has 0 atom stereocenters. The first-order valence-electron chi connectivity index (χ1n) is 10.3. The number of rotatable bonds is 8. The molecular weight excluding hydrogens is 438 g/mol. The summed E-state index contributed by atoms with van der Waals surface area (Å²) in [6, 6.07) is 24.9. The van der Waals surface area contributed by atoms with Crippen LogP contribution in [0, 0.1) is 6.92 Å². The molecule has 3 N–H and O–H groups in total. The van der Waals surface area contributed by atoms with E-state index in [1.807, 2.05) is 42.5 Å². The van der Waals surface area contributed by atoms with Gasteiger partial charge in [-0.05, 0) is 73.2 Å². The Hall–Kier alpha value is -3.88. The van der Waals surface area contributed by atoms with E-state index in [-0.39, 0.29) is 22.9 Å².